The Morgan fingerprint density at radius 2 is 0.714 bits per heavy atom. The minimum absolute atomic E-state index is 0.152. The number of nitrogens with two attached hydrogens (primary N) is 1. The van der Waals surface area contributed by atoms with E-state index in [0.29, 0.717) is 26.2 Å². The minimum Gasteiger partial charge on any atom is -0.389 e. The molecule has 0 aromatic rings. The van der Waals surface area contributed by atoms with Gasteiger partial charge in [0.2, 0.25) is 0 Å². The summed E-state index contributed by atoms with van der Waals surface area (Å²) in [4.78, 5) is 9.08. The lowest BCUT2D eigenvalue weighted by Crippen LogP contribution is -2.50. The van der Waals surface area contributed by atoms with Gasteiger partial charge in [-0.3, -0.25) is 19.6 Å². The third-order valence-electron chi connectivity index (χ3n) is 9.63. The number of nitrogens with zero attached hydrogens (tertiary/aromatic N) is 4. The molecule has 0 aromatic carbocycles. The molecule has 9 N–H and O–H groups in total. The van der Waals surface area contributed by atoms with Crippen LogP contribution in [0.5, 0.6) is 0 Å². The molecule has 4 rings (SSSR count). The molecule has 0 bridgehead atoms. The van der Waals surface area contributed by atoms with Crippen LogP contribution >= 0.6 is 0 Å². The molecule has 0 amide bonds. The maximum absolute atomic E-state index is 10.8. The zero-order chi connectivity index (χ0) is 34.6. The second-order valence-electron chi connectivity index (χ2n) is 14.5. The topological polar surface area (TPSA) is 185 Å². The van der Waals surface area contributed by atoms with Gasteiger partial charge in [0.25, 0.3) is 0 Å². The summed E-state index contributed by atoms with van der Waals surface area (Å²) in [5.41, 5.74) is 5.77. The first kappa shape index (κ1) is 41.1. The van der Waals surface area contributed by atoms with Gasteiger partial charge in [-0.25, -0.2) is 0 Å². The van der Waals surface area contributed by atoms with Gasteiger partial charge in [0.15, 0.2) is 0 Å². The lowest BCUT2D eigenvalue weighted by Gasteiger charge is -2.35. The molecule has 288 valence electrons. The molecule has 4 atom stereocenters. The summed E-state index contributed by atoms with van der Waals surface area (Å²) in [6.45, 7) is 19.0. The fraction of sp³-hybridized carbons (Fsp3) is 1.00. The Bertz CT molecular complexity index is 699. The van der Waals surface area contributed by atoms with Gasteiger partial charge in [0.05, 0.1) is 76.6 Å². The van der Waals surface area contributed by atoms with Crippen LogP contribution < -0.4 is 27.0 Å². The van der Waals surface area contributed by atoms with Crippen molar-refractivity contribution in [3.63, 3.8) is 0 Å². The SMILES string of the molecule is NC(COCC(COCC(O)CN1CCNCC1)(COCC(O)CN1CCNCC1)COCC(O)CN1CCNCC1)CN1CCNCC1. The van der Waals surface area contributed by atoms with Crippen molar-refractivity contribution in [3.05, 3.63) is 0 Å². The number of ether oxygens (including phenoxy) is 4. The maximum Gasteiger partial charge on any atom is 0.0900 e. The van der Waals surface area contributed by atoms with Gasteiger partial charge >= 0.3 is 0 Å². The third-order valence-corrected chi connectivity index (χ3v) is 9.63. The Balaban J connectivity index is 1.34. The lowest BCUT2D eigenvalue weighted by molar-refractivity contribution is -0.130. The highest BCUT2D eigenvalue weighted by Crippen LogP contribution is 2.22. The van der Waals surface area contributed by atoms with Gasteiger partial charge in [0, 0.05) is 137 Å². The number of hydrogen-bond acceptors (Lipinski definition) is 16. The van der Waals surface area contributed by atoms with Crippen molar-refractivity contribution in [1.82, 2.24) is 40.9 Å². The number of nitrogens with one attached hydrogen (secondary N) is 4. The maximum atomic E-state index is 10.8. The van der Waals surface area contributed by atoms with Crippen LogP contribution in [0.2, 0.25) is 0 Å². The molecule has 4 unspecified atom stereocenters. The summed E-state index contributed by atoms with van der Waals surface area (Å²) < 4.78 is 24.9. The first-order chi connectivity index (χ1) is 23.9. The zero-order valence-electron chi connectivity index (χ0n) is 29.9. The van der Waals surface area contributed by atoms with Crippen LogP contribution in [-0.4, -0.2) is 243 Å². The van der Waals surface area contributed by atoms with E-state index >= 15 is 0 Å². The highest BCUT2D eigenvalue weighted by atomic mass is 16.5. The summed E-state index contributed by atoms with van der Waals surface area (Å²) in [5, 5.41) is 45.9. The molecule has 16 heteroatoms. The molecule has 0 radical (unpaired) electrons. The fourth-order valence-electron chi connectivity index (χ4n) is 6.92. The zero-order valence-corrected chi connectivity index (χ0v) is 29.9. The van der Waals surface area contributed by atoms with Crippen molar-refractivity contribution in [2.45, 2.75) is 24.4 Å². The molecule has 4 aliphatic rings. The number of piperazine rings is 4. The van der Waals surface area contributed by atoms with Gasteiger partial charge in [-0.15, -0.1) is 0 Å². The van der Waals surface area contributed by atoms with Crippen molar-refractivity contribution in [3.8, 4) is 0 Å². The van der Waals surface area contributed by atoms with Crippen LogP contribution in [0, 0.1) is 5.41 Å². The molecule has 4 heterocycles. The first-order valence-electron chi connectivity index (χ1n) is 18.7. The van der Waals surface area contributed by atoms with E-state index in [0.717, 1.165) is 111 Å². The summed E-state index contributed by atoms with van der Waals surface area (Å²) in [6.07, 6.45) is -1.90. The van der Waals surface area contributed by atoms with E-state index < -0.39 is 23.7 Å². The molecule has 0 aromatic heterocycles. The second kappa shape index (κ2) is 23.8. The Kier molecular flexibility index (Phi) is 20.0. The fourth-order valence-corrected chi connectivity index (χ4v) is 6.92. The Morgan fingerprint density at radius 1 is 0.449 bits per heavy atom. The largest absolute Gasteiger partial charge is 0.389 e. The standard InChI is InChI=1S/C33H69N9O7/c34-29(17-39-9-1-35-2-10-39)21-46-25-33(26-47-22-30(43)18-40-11-3-36-4-12-40,27-48-23-31(44)19-41-13-5-37-6-14-41)28-49-24-32(45)20-42-15-7-38-8-16-42/h29-32,35-38,43-45H,1-28,34H2. The number of rotatable bonds is 24. The number of aliphatic hydroxyl groups excluding tert-OH is 3. The quantitative estimate of drug-likeness (QED) is 0.0478. The molecule has 4 fully saturated rings. The molecule has 4 aliphatic heterocycles. The van der Waals surface area contributed by atoms with Gasteiger partial charge < -0.3 is 61.3 Å². The van der Waals surface area contributed by atoms with E-state index in [2.05, 4.69) is 40.9 Å². The predicted octanol–water partition coefficient (Wildman–Crippen LogP) is -4.93. The minimum atomic E-state index is -0.743. The van der Waals surface area contributed by atoms with Crippen molar-refractivity contribution in [2.24, 2.45) is 11.1 Å². The van der Waals surface area contributed by atoms with Crippen LogP contribution in [0.4, 0.5) is 0 Å². The summed E-state index contributed by atoms with van der Waals surface area (Å²) in [7, 11) is 0. The molecular formula is C33H69N9O7. The van der Waals surface area contributed by atoms with Crippen molar-refractivity contribution >= 4 is 0 Å². The number of aliphatic hydroxyl groups is 3. The van der Waals surface area contributed by atoms with Gasteiger partial charge in [-0.2, -0.15) is 0 Å². The average Bonchev–Trinajstić information content (AvgIpc) is 3.10. The lowest BCUT2D eigenvalue weighted by atomic mass is 9.92. The summed E-state index contributed by atoms with van der Waals surface area (Å²) >= 11 is 0. The van der Waals surface area contributed by atoms with Crippen LogP contribution in [0.15, 0.2) is 0 Å². The van der Waals surface area contributed by atoms with Crippen molar-refractivity contribution in [1.29, 1.82) is 0 Å². The number of β-amino-alcohol motifs (C(OH)–C–C–N with tert-alkyl or cyclic N) is 3. The van der Waals surface area contributed by atoms with Gasteiger partial charge in [-0.05, 0) is 0 Å². The summed E-state index contributed by atoms with van der Waals surface area (Å²) in [6, 6.07) is -0.152. The van der Waals surface area contributed by atoms with E-state index in [9.17, 15) is 15.3 Å². The van der Waals surface area contributed by atoms with Crippen molar-refractivity contribution in [2.75, 3.05) is 184 Å². The average molecular weight is 704 g/mol. The van der Waals surface area contributed by atoms with E-state index in [4.69, 9.17) is 24.7 Å². The van der Waals surface area contributed by atoms with Crippen LogP contribution in [0.3, 0.4) is 0 Å². The molecular weight excluding hydrogens is 634 g/mol. The molecule has 0 aliphatic carbocycles. The summed E-state index contributed by atoms with van der Waals surface area (Å²) in [5.74, 6) is 0. The predicted molar refractivity (Wildman–Crippen MR) is 189 cm³/mol. The van der Waals surface area contributed by atoms with Crippen LogP contribution in [0.25, 0.3) is 0 Å². The van der Waals surface area contributed by atoms with Crippen molar-refractivity contribution < 1.29 is 34.3 Å². The number of hydrogen-bond donors (Lipinski definition) is 8. The normalized spacial score (nSPS) is 24.7. The molecule has 0 saturated carbocycles. The Morgan fingerprint density at radius 3 is 1.02 bits per heavy atom. The molecule has 0 spiro atoms. The van der Waals surface area contributed by atoms with E-state index in [-0.39, 0.29) is 52.3 Å². The Hall–Kier alpha value is -0.640. The smallest absolute Gasteiger partial charge is 0.0900 e. The highest BCUT2D eigenvalue weighted by Gasteiger charge is 2.34. The van der Waals surface area contributed by atoms with Gasteiger partial charge in [0.1, 0.15) is 0 Å². The van der Waals surface area contributed by atoms with Crippen LogP contribution in [-0.2, 0) is 18.9 Å². The monoisotopic (exact) mass is 704 g/mol. The van der Waals surface area contributed by atoms with E-state index in [1.54, 1.807) is 0 Å². The molecule has 4 saturated heterocycles. The second-order valence-corrected chi connectivity index (χ2v) is 14.5. The molecule has 16 nitrogen and oxygen atoms in total. The highest BCUT2D eigenvalue weighted by molar-refractivity contribution is 4.82. The van der Waals surface area contributed by atoms with E-state index in [1.807, 2.05) is 0 Å². The van der Waals surface area contributed by atoms with Gasteiger partial charge in [-0.1, -0.05) is 0 Å². The molecule has 49 heavy (non-hydrogen) atoms. The third kappa shape index (κ3) is 17.2. The Labute approximate surface area is 294 Å². The van der Waals surface area contributed by atoms with E-state index in [1.165, 1.54) is 0 Å². The van der Waals surface area contributed by atoms with Crippen LogP contribution in [0.1, 0.15) is 0 Å². The first-order valence-corrected chi connectivity index (χ1v) is 18.7.